The molecular weight excluding hydrogens is 525 g/mol. The van der Waals surface area contributed by atoms with Crippen molar-refractivity contribution in [2.45, 2.75) is 13.1 Å². The van der Waals surface area contributed by atoms with E-state index in [0.717, 1.165) is 55.1 Å². The normalized spacial score (nSPS) is 14.9. The molecule has 2 aromatic carbocycles. The molecule has 1 fully saturated rings. The zero-order valence-electron chi connectivity index (χ0n) is 17.5. The van der Waals surface area contributed by atoms with Gasteiger partial charge in [0.1, 0.15) is 6.33 Å². The standard InChI is InChI=1S/C22H26ClN7.HI/c1-24-22(25-14-18-3-2-4-19(13-18)21-26-16-27-28-21)30-11-9-29(10-12-30)15-17-5-7-20(23)8-6-17;/h2-8,13,16H,9-12,14-15H2,1H3,(H,24,25)(H,26,27,28);1H. The van der Waals surface area contributed by atoms with Crippen LogP contribution in [-0.4, -0.2) is 64.2 Å². The number of benzene rings is 2. The summed E-state index contributed by atoms with van der Waals surface area (Å²) in [5.74, 6) is 1.71. The Morgan fingerprint density at radius 3 is 2.55 bits per heavy atom. The average molecular weight is 552 g/mol. The second-order valence-corrected chi connectivity index (χ2v) is 7.76. The monoisotopic (exact) mass is 551 g/mol. The van der Waals surface area contributed by atoms with Gasteiger partial charge >= 0.3 is 0 Å². The van der Waals surface area contributed by atoms with Gasteiger partial charge in [-0.15, -0.1) is 24.0 Å². The van der Waals surface area contributed by atoms with Gasteiger partial charge in [0, 0.05) is 56.9 Å². The SMILES string of the molecule is CN=C(NCc1cccc(-c2ncn[nH]2)c1)N1CCN(Cc2ccc(Cl)cc2)CC1.I. The number of hydrogen-bond donors (Lipinski definition) is 2. The number of nitrogens with zero attached hydrogens (tertiary/aromatic N) is 5. The van der Waals surface area contributed by atoms with Gasteiger partial charge in [0.15, 0.2) is 11.8 Å². The molecule has 0 aliphatic carbocycles. The van der Waals surface area contributed by atoms with Crippen LogP contribution in [0, 0.1) is 0 Å². The van der Waals surface area contributed by atoms with Crippen LogP contribution in [0.3, 0.4) is 0 Å². The molecule has 0 amide bonds. The predicted octanol–water partition coefficient (Wildman–Crippen LogP) is 3.64. The van der Waals surface area contributed by atoms with E-state index in [-0.39, 0.29) is 24.0 Å². The van der Waals surface area contributed by atoms with E-state index >= 15 is 0 Å². The number of halogens is 2. The van der Waals surface area contributed by atoms with Crippen molar-refractivity contribution in [2.75, 3.05) is 33.2 Å². The van der Waals surface area contributed by atoms with Crippen LogP contribution in [0.5, 0.6) is 0 Å². The molecule has 0 bridgehead atoms. The third kappa shape index (κ3) is 6.41. The van der Waals surface area contributed by atoms with Crippen LogP contribution in [0.4, 0.5) is 0 Å². The highest BCUT2D eigenvalue weighted by atomic mass is 127. The predicted molar refractivity (Wildman–Crippen MR) is 136 cm³/mol. The number of hydrogen-bond acceptors (Lipinski definition) is 4. The molecule has 3 aromatic rings. The maximum absolute atomic E-state index is 5.98. The van der Waals surface area contributed by atoms with E-state index in [4.69, 9.17) is 11.6 Å². The summed E-state index contributed by atoms with van der Waals surface area (Å²) in [7, 11) is 1.84. The van der Waals surface area contributed by atoms with Crippen molar-refractivity contribution in [1.29, 1.82) is 0 Å². The van der Waals surface area contributed by atoms with E-state index in [0.29, 0.717) is 6.54 Å². The molecule has 1 aromatic heterocycles. The first-order chi connectivity index (χ1) is 14.7. The van der Waals surface area contributed by atoms with Crippen molar-refractivity contribution < 1.29 is 0 Å². The number of guanidine groups is 1. The maximum atomic E-state index is 5.98. The molecule has 2 heterocycles. The fraction of sp³-hybridized carbons (Fsp3) is 0.318. The number of piperazine rings is 1. The van der Waals surface area contributed by atoms with Gasteiger partial charge in [-0.3, -0.25) is 15.0 Å². The lowest BCUT2D eigenvalue weighted by Crippen LogP contribution is -2.52. The Kier molecular flexibility index (Phi) is 8.68. The summed E-state index contributed by atoms with van der Waals surface area (Å²) in [6.45, 7) is 5.57. The van der Waals surface area contributed by atoms with E-state index in [1.54, 1.807) is 0 Å². The number of aromatic nitrogens is 3. The molecule has 0 saturated carbocycles. The van der Waals surface area contributed by atoms with Crippen molar-refractivity contribution in [1.82, 2.24) is 30.3 Å². The molecule has 1 aliphatic rings. The molecule has 4 rings (SSSR count). The highest BCUT2D eigenvalue weighted by Crippen LogP contribution is 2.16. The van der Waals surface area contributed by atoms with Crippen LogP contribution in [0.15, 0.2) is 59.9 Å². The minimum Gasteiger partial charge on any atom is -0.352 e. The van der Waals surface area contributed by atoms with Gasteiger partial charge in [-0.05, 0) is 29.3 Å². The zero-order chi connectivity index (χ0) is 20.8. The van der Waals surface area contributed by atoms with Crippen molar-refractivity contribution in [3.05, 3.63) is 71.0 Å². The van der Waals surface area contributed by atoms with Gasteiger partial charge in [-0.2, -0.15) is 5.10 Å². The topological polar surface area (TPSA) is 72.4 Å². The van der Waals surface area contributed by atoms with Crippen LogP contribution < -0.4 is 5.32 Å². The first kappa shape index (κ1) is 23.5. The van der Waals surface area contributed by atoms with Gasteiger partial charge in [-0.25, -0.2) is 4.98 Å². The third-order valence-electron chi connectivity index (χ3n) is 5.27. The molecule has 1 saturated heterocycles. The number of aromatic amines is 1. The molecule has 9 heteroatoms. The summed E-state index contributed by atoms with van der Waals surface area (Å²) < 4.78 is 0. The molecule has 2 N–H and O–H groups in total. The lowest BCUT2D eigenvalue weighted by molar-refractivity contribution is 0.172. The number of H-pyrrole nitrogens is 1. The Hall–Kier alpha value is -2.17. The fourth-order valence-corrected chi connectivity index (χ4v) is 3.78. The fourth-order valence-electron chi connectivity index (χ4n) is 3.65. The largest absolute Gasteiger partial charge is 0.352 e. The van der Waals surface area contributed by atoms with Crippen molar-refractivity contribution >= 4 is 41.5 Å². The van der Waals surface area contributed by atoms with Gasteiger partial charge in [0.2, 0.25) is 0 Å². The van der Waals surface area contributed by atoms with Crippen molar-refractivity contribution in [3.63, 3.8) is 0 Å². The quantitative estimate of drug-likeness (QED) is 0.288. The summed E-state index contributed by atoms with van der Waals surface area (Å²) in [4.78, 5) is 13.5. The van der Waals surface area contributed by atoms with Crippen LogP contribution in [-0.2, 0) is 13.1 Å². The molecule has 0 atom stereocenters. The van der Waals surface area contributed by atoms with Crippen LogP contribution >= 0.6 is 35.6 Å². The molecule has 0 spiro atoms. The maximum Gasteiger partial charge on any atom is 0.194 e. The third-order valence-corrected chi connectivity index (χ3v) is 5.52. The summed E-state index contributed by atoms with van der Waals surface area (Å²) >= 11 is 5.98. The van der Waals surface area contributed by atoms with Gasteiger partial charge in [0.25, 0.3) is 0 Å². The lowest BCUT2D eigenvalue weighted by atomic mass is 10.1. The van der Waals surface area contributed by atoms with Crippen molar-refractivity contribution in [2.24, 2.45) is 4.99 Å². The minimum atomic E-state index is 0. The zero-order valence-corrected chi connectivity index (χ0v) is 20.5. The molecule has 31 heavy (non-hydrogen) atoms. The van der Waals surface area contributed by atoms with Gasteiger partial charge in [-0.1, -0.05) is 41.9 Å². The van der Waals surface area contributed by atoms with Gasteiger partial charge in [0.05, 0.1) is 0 Å². The summed E-state index contributed by atoms with van der Waals surface area (Å²) in [5, 5.41) is 11.1. The Labute approximate surface area is 204 Å². The smallest absolute Gasteiger partial charge is 0.194 e. The van der Waals surface area contributed by atoms with E-state index in [9.17, 15) is 0 Å². The number of aliphatic imine (C=N–C) groups is 1. The van der Waals surface area contributed by atoms with E-state index in [2.05, 4.69) is 59.6 Å². The average Bonchev–Trinajstić information content (AvgIpc) is 3.32. The first-order valence-corrected chi connectivity index (χ1v) is 10.5. The Bertz CT molecular complexity index is 968. The molecular formula is C22H27ClIN7. The Balaban J connectivity index is 0.00000272. The minimum absolute atomic E-state index is 0. The number of nitrogens with one attached hydrogen (secondary N) is 2. The Morgan fingerprint density at radius 2 is 1.87 bits per heavy atom. The molecule has 7 nitrogen and oxygen atoms in total. The number of rotatable bonds is 5. The van der Waals surface area contributed by atoms with Crippen molar-refractivity contribution in [3.8, 4) is 11.4 Å². The van der Waals surface area contributed by atoms with Crippen LogP contribution in [0.2, 0.25) is 5.02 Å². The molecule has 164 valence electrons. The highest BCUT2D eigenvalue weighted by molar-refractivity contribution is 14.0. The van der Waals surface area contributed by atoms with E-state index in [1.807, 2.05) is 31.3 Å². The molecule has 1 aliphatic heterocycles. The van der Waals surface area contributed by atoms with Crippen LogP contribution in [0.1, 0.15) is 11.1 Å². The van der Waals surface area contributed by atoms with E-state index in [1.165, 1.54) is 17.5 Å². The summed E-state index contributed by atoms with van der Waals surface area (Å²) in [5.41, 5.74) is 3.49. The van der Waals surface area contributed by atoms with E-state index < -0.39 is 0 Å². The molecule has 0 unspecified atom stereocenters. The Morgan fingerprint density at radius 1 is 1.10 bits per heavy atom. The lowest BCUT2D eigenvalue weighted by Gasteiger charge is -2.36. The summed E-state index contributed by atoms with van der Waals surface area (Å²) in [6.07, 6.45) is 1.52. The van der Waals surface area contributed by atoms with Gasteiger partial charge < -0.3 is 10.2 Å². The summed E-state index contributed by atoms with van der Waals surface area (Å²) in [6, 6.07) is 16.4. The molecule has 0 radical (unpaired) electrons. The second kappa shape index (κ2) is 11.4. The first-order valence-electron chi connectivity index (χ1n) is 10.1. The highest BCUT2D eigenvalue weighted by Gasteiger charge is 2.19. The second-order valence-electron chi connectivity index (χ2n) is 7.32. The van der Waals surface area contributed by atoms with Crippen LogP contribution in [0.25, 0.3) is 11.4 Å².